The Bertz CT molecular complexity index is 236. The van der Waals surface area contributed by atoms with E-state index in [-0.39, 0.29) is 24.2 Å². The summed E-state index contributed by atoms with van der Waals surface area (Å²) in [7, 11) is 0. The smallest absolute Gasteiger partial charge is 0.245 e. The summed E-state index contributed by atoms with van der Waals surface area (Å²) in [5.74, 6) is -0.125. The lowest BCUT2D eigenvalue weighted by molar-refractivity contribution is -0.135. The van der Waals surface area contributed by atoms with Crippen LogP contribution in [0.25, 0.3) is 0 Å². The molecule has 0 heterocycles. The molecule has 0 aliphatic carbocycles. The number of aliphatic hydroxyl groups is 1. The molecular weight excluding hydrogens is 228 g/mol. The molecule has 6 heteroatoms. The van der Waals surface area contributed by atoms with Gasteiger partial charge < -0.3 is 15.3 Å². The molecule has 94 valence electrons. The second kappa shape index (κ2) is 8.41. The first-order valence-electron chi connectivity index (χ1n) is 5.34. The van der Waals surface area contributed by atoms with Gasteiger partial charge in [-0.25, -0.2) is 0 Å². The average molecular weight is 248 g/mol. The summed E-state index contributed by atoms with van der Waals surface area (Å²) in [6, 6.07) is -0.584. The Labute approximate surface area is 102 Å². The van der Waals surface area contributed by atoms with E-state index in [0.717, 1.165) is 0 Å². The van der Waals surface area contributed by atoms with Crippen LogP contribution in [0.1, 0.15) is 20.3 Å². The lowest BCUT2D eigenvalue weighted by Crippen LogP contribution is -2.49. The Morgan fingerprint density at radius 1 is 1.50 bits per heavy atom. The van der Waals surface area contributed by atoms with Crippen molar-refractivity contribution in [2.45, 2.75) is 26.3 Å². The van der Waals surface area contributed by atoms with E-state index in [1.54, 1.807) is 4.90 Å². The van der Waals surface area contributed by atoms with Gasteiger partial charge in [0.05, 0.1) is 0 Å². The number of amides is 2. The van der Waals surface area contributed by atoms with Crippen molar-refractivity contribution in [3.8, 4) is 0 Å². The number of hydrogen-bond donors (Lipinski definition) is 3. The highest BCUT2D eigenvalue weighted by Crippen LogP contribution is 1.99. The normalized spacial score (nSPS) is 12.0. The minimum atomic E-state index is -0.584. The average Bonchev–Trinajstić information content (AvgIpc) is 2.26. The summed E-state index contributed by atoms with van der Waals surface area (Å²) in [5, 5.41) is 11.3. The number of rotatable bonds is 7. The first kappa shape index (κ1) is 15.2. The van der Waals surface area contributed by atoms with E-state index in [2.05, 4.69) is 17.9 Å². The Morgan fingerprint density at radius 2 is 2.12 bits per heavy atom. The number of thiol groups is 1. The highest BCUT2D eigenvalue weighted by molar-refractivity contribution is 7.80. The summed E-state index contributed by atoms with van der Waals surface area (Å²) in [4.78, 5) is 24.4. The quantitative estimate of drug-likeness (QED) is 0.540. The number of aliphatic hydroxyl groups excluding tert-OH is 1. The van der Waals surface area contributed by atoms with E-state index < -0.39 is 6.04 Å². The van der Waals surface area contributed by atoms with Crippen molar-refractivity contribution in [1.82, 2.24) is 10.2 Å². The molecule has 0 aromatic rings. The highest BCUT2D eigenvalue weighted by atomic mass is 32.1. The number of likely N-dealkylation sites (N-methyl/N-ethyl adjacent to an activating group) is 1. The first-order chi connectivity index (χ1) is 7.56. The van der Waals surface area contributed by atoms with Gasteiger partial charge in [0.2, 0.25) is 11.8 Å². The van der Waals surface area contributed by atoms with Gasteiger partial charge in [-0.3, -0.25) is 9.59 Å². The van der Waals surface area contributed by atoms with Crippen molar-refractivity contribution in [3.63, 3.8) is 0 Å². The van der Waals surface area contributed by atoms with Crippen LogP contribution in [0.3, 0.4) is 0 Å². The van der Waals surface area contributed by atoms with Crippen molar-refractivity contribution in [1.29, 1.82) is 0 Å². The van der Waals surface area contributed by atoms with Crippen LogP contribution >= 0.6 is 12.6 Å². The molecule has 0 aliphatic heterocycles. The van der Waals surface area contributed by atoms with Crippen LogP contribution in [-0.2, 0) is 9.59 Å². The van der Waals surface area contributed by atoms with E-state index in [9.17, 15) is 9.59 Å². The first-order valence-corrected chi connectivity index (χ1v) is 5.97. The fourth-order valence-corrected chi connectivity index (χ4v) is 1.58. The molecule has 16 heavy (non-hydrogen) atoms. The molecule has 0 aromatic heterocycles. The third kappa shape index (κ3) is 5.37. The molecule has 2 N–H and O–H groups in total. The van der Waals surface area contributed by atoms with Crippen molar-refractivity contribution >= 4 is 24.4 Å². The van der Waals surface area contributed by atoms with Gasteiger partial charge in [-0.15, -0.1) is 0 Å². The standard InChI is InChI=1S/C10H20N2O3S/c1-3-12(5-4-6-13)10(15)9(7-16)11-8(2)14/h9,13,16H,3-7H2,1-2H3,(H,11,14). The van der Waals surface area contributed by atoms with Gasteiger partial charge in [0.1, 0.15) is 6.04 Å². The number of nitrogens with one attached hydrogen (secondary N) is 1. The molecule has 0 aliphatic rings. The van der Waals surface area contributed by atoms with Crippen LogP contribution in [-0.4, -0.2) is 53.3 Å². The lowest BCUT2D eigenvalue weighted by Gasteiger charge is -2.25. The molecule has 0 rings (SSSR count). The van der Waals surface area contributed by atoms with Gasteiger partial charge in [-0.05, 0) is 13.3 Å². The van der Waals surface area contributed by atoms with Gasteiger partial charge in [-0.1, -0.05) is 0 Å². The lowest BCUT2D eigenvalue weighted by atomic mass is 10.2. The largest absolute Gasteiger partial charge is 0.396 e. The Hall–Kier alpha value is -0.750. The maximum atomic E-state index is 11.9. The van der Waals surface area contributed by atoms with Gasteiger partial charge in [-0.2, -0.15) is 12.6 Å². The molecule has 1 atom stereocenters. The van der Waals surface area contributed by atoms with Crippen LogP contribution in [0.5, 0.6) is 0 Å². The number of carbonyl (C=O) groups excluding carboxylic acids is 2. The monoisotopic (exact) mass is 248 g/mol. The van der Waals surface area contributed by atoms with E-state index >= 15 is 0 Å². The van der Waals surface area contributed by atoms with Crippen LogP contribution in [0.4, 0.5) is 0 Å². The second-order valence-corrected chi connectivity index (χ2v) is 3.80. The Kier molecular flexibility index (Phi) is 8.01. The number of nitrogens with zero attached hydrogens (tertiary/aromatic N) is 1. The Morgan fingerprint density at radius 3 is 2.50 bits per heavy atom. The third-order valence-corrected chi connectivity index (χ3v) is 2.50. The SMILES string of the molecule is CCN(CCCO)C(=O)C(CS)NC(C)=O. The highest BCUT2D eigenvalue weighted by Gasteiger charge is 2.22. The van der Waals surface area contributed by atoms with Crippen LogP contribution < -0.4 is 5.32 Å². The second-order valence-electron chi connectivity index (χ2n) is 3.43. The Balaban J connectivity index is 4.37. The fourth-order valence-electron chi connectivity index (χ4n) is 1.34. The van der Waals surface area contributed by atoms with Gasteiger partial charge in [0, 0.05) is 32.4 Å². The third-order valence-electron chi connectivity index (χ3n) is 2.14. The minimum Gasteiger partial charge on any atom is -0.396 e. The predicted octanol–water partition coefficient (Wildman–Crippen LogP) is -0.348. The van der Waals surface area contributed by atoms with Crippen LogP contribution in [0, 0.1) is 0 Å². The van der Waals surface area contributed by atoms with Gasteiger partial charge >= 0.3 is 0 Å². The molecule has 0 aromatic carbocycles. The molecule has 0 saturated heterocycles. The molecule has 0 bridgehead atoms. The summed E-state index contributed by atoms with van der Waals surface area (Å²) < 4.78 is 0. The van der Waals surface area contributed by atoms with Crippen molar-refractivity contribution in [2.24, 2.45) is 0 Å². The molecule has 0 fully saturated rings. The maximum absolute atomic E-state index is 11.9. The van der Waals surface area contributed by atoms with Crippen LogP contribution in [0.2, 0.25) is 0 Å². The minimum absolute atomic E-state index is 0.0511. The van der Waals surface area contributed by atoms with Gasteiger partial charge in [0.15, 0.2) is 0 Å². The van der Waals surface area contributed by atoms with Crippen LogP contribution in [0.15, 0.2) is 0 Å². The van der Waals surface area contributed by atoms with E-state index in [1.165, 1.54) is 6.92 Å². The molecule has 2 amide bonds. The predicted molar refractivity (Wildman–Crippen MR) is 65.4 cm³/mol. The van der Waals surface area contributed by atoms with Crippen molar-refractivity contribution in [3.05, 3.63) is 0 Å². The summed E-state index contributed by atoms with van der Waals surface area (Å²) >= 11 is 4.04. The molecule has 0 spiro atoms. The fraction of sp³-hybridized carbons (Fsp3) is 0.800. The summed E-state index contributed by atoms with van der Waals surface area (Å²) in [6.07, 6.45) is 0.541. The van der Waals surface area contributed by atoms with E-state index in [1.807, 2.05) is 6.92 Å². The molecular formula is C10H20N2O3S. The zero-order valence-electron chi connectivity index (χ0n) is 9.77. The molecule has 1 unspecified atom stereocenters. The maximum Gasteiger partial charge on any atom is 0.245 e. The molecule has 5 nitrogen and oxygen atoms in total. The van der Waals surface area contributed by atoms with Crippen molar-refractivity contribution < 1.29 is 14.7 Å². The molecule has 0 radical (unpaired) electrons. The van der Waals surface area contributed by atoms with E-state index in [4.69, 9.17) is 5.11 Å². The number of carbonyl (C=O) groups is 2. The zero-order valence-corrected chi connectivity index (χ0v) is 10.7. The van der Waals surface area contributed by atoms with Gasteiger partial charge in [0.25, 0.3) is 0 Å². The number of hydrogen-bond acceptors (Lipinski definition) is 4. The topological polar surface area (TPSA) is 69.6 Å². The summed E-state index contributed by atoms with van der Waals surface area (Å²) in [6.45, 7) is 4.33. The molecule has 0 saturated carbocycles. The van der Waals surface area contributed by atoms with Crippen molar-refractivity contribution in [2.75, 3.05) is 25.4 Å². The van der Waals surface area contributed by atoms with E-state index in [0.29, 0.717) is 19.5 Å². The summed E-state index contributed by atoms with van der Waals surface area (Å²) in [5.41, 5.74) is 0. The zero-order chi connectivity index (χ0) is 12.6.